The molecule has 0 heterocycles. The number of rotatable bonds is 3. The second kappa shape index (κ2) is 17.0. The molecular formula is C11H26O. The molecule has 1 nitrogen and oxygen atoms in total. The fourth-order valence-electron chi connectivity index (χ4n) is 0.636. The summed E-state index contributed by atoms with van der Waals surface area (Å²) in [5, 5.41) is 0. The Hall–Kier alpha value is -0.330. The van der Waals surface area contributed by atoms with Gasteiger partial charge in [-0.05, 0) is 13.3 Å². The van der Waals surface area contributed by atoms with Gasteiger partial charge in [-0.1, -0.05) is 48.0 Å². The summed E-state index contributed by atoms with van der Waals surface area (Å²) in [5.74, 6) is 0.590. The van der Waals surface area contributed by atoms with Crippen molar-refractivity contribution in [2.24, 2.45) is 5.92 Å². The average molecular weight is 174 g/mol. The van der Waals surface area contributed by atoms with Gasteiger partial charge >= 0.3 is 0 Å². The predicted octanol–water partition coefficient (Wildman–Crippen LogP) is 4.06. The lowest BCUT2D eigenvalue weighted by molar-refractivity contribution is -0.120. The molecule has 0 saturated carbocycles. The summed E-state index contributed by atoms with van der Waals surface area (Å²) >= 11 is 0. The number of hydrogen-bond donors (Lipinski definition) is 0. The highest BCUT2D eigenvalue weighted by Crippen LogP contribution is 2.04. The van der Waals surface area contributed by atoms with Crippen LogP contribution in [0.2, 0.25) is 0 Å². The van der Waals surface area contributed by atoms with E-state index in [4.69, 9.17) is 0 Å². The van der Waals surface area contributed by atoms with Crippen LogP contribution >= 0.6 is 0 Å². The van der Waals surface area contributed by atoms with Crippen molar-refractivity contribution >= 4 is 5.78 Å². The van der Waals surface area contributed by atoms with Gasteiger partial charge in [-0.15, -0.1) is 0 Å². The highest BCUT2D eigenvalue weighted by atomic mass is 16.1. The van der Waals surface area contributed by atoms with E-state index in [-0.39, 0.29) is 5.92 Å². The molecule has 0 amide bonds. The largest absolute Gasteiger partial charge is 0.300 e. The monoisotopic (exact) mass is 174 g/mol. The Kier molecular flexibility index (Phi) is 25.0. The Bertz CT molecular complexity index is 77.1. The number of carbonyl (C=O) groups excluding carboxylic acids is 1. The van der Waals surface area contributed by atoms with Gasteiger partial charge in [-0.2, -0.15) is 0 Å². The molecule has 0 fully saturated rings. The summed E-state index contributed by atoms with van der Waals surface area (Å²) in [4.78, 5) is 10.5. The van der Waals surface area contributed by atoms with Crippen molar-refractivity contribution in [1.29, 1.82) is 0 Å². The summed E-state index contributed by atoms with van der Waals surface area (Å²) in [7, 11) is 0. The lowest BCUT2D eigenvalue weighted by Gasteiger charge is -2.01. The molecule has 0 aromatic rings. The topological polar surface area (TPSA) is 17.1 Å². The van der Waals surface area contributed by atoms with Crippen LogP contribution in [0, 0.1) is 5.92 Å². The summed E-state index contributed by atoms with van der Waals surface area (Å²) in [5.41, 5.74) is 0. The zero-order chi connectivity index (χ0) is 10.6. The quantitative estimate of drug-likeness (QED) is 0.630. The summed E-state index contributed by atoms with van der Waals surface area (Å²) in [6.07, 6.45) is 2.15. The van der Waals surface area contributed by atoms with Gasteiger partial charge in [0, 0.05) is 5.92 Å². The third kappa shape index (κ3) is 16.3. The second-order valence-corrected chi connectivity index (χ2v) is 2.30. The molecule has 0 aromatic carbocycles. The van der Waals surface area contributed by atoms with E-state index in [0.29, 0.717) is 5.78 Å². The third-order valence-electron chi connectivity index (χ3n) is 1.42. The molecule has 0 N–H and O–H groups in total. The number of hydrogen-bond acceptors (Lipinski definition) is 1. The van der Waals surface area contributed by atoms with Crippen molar-refractivity contribution in [2.75, 3.05) is 0 Å². The minimum absolute atomic E-state index is 0.278. The van der Waals surface area contributed by atoms with Crippen molar-refractivity contribution in [3.63, 3.8) is 0 Å². The van der Waals surface area contributed by atoms with Crippen LogP contribution in [-0.2, 0) is 4.79 Å². The summed E-state index contributed by atoms with van der Waals surface area (Å²) in [6.45, 7) is 13.7. The molecule has 76 valence electrons. The highest BCUT2D eigenvalue weighted by Gasteiger charge is 2.03. The van der Waals surface area contributed by atoms with Crippen molar-refractivity contribution in [2.45, 2.75) is 61.3 Å². The molecule has 0 aliphatic carbocycles. The molecular weight excluding hydrogens is 148 g/mol. The molecule has 0 aliphatic heterocycles. The maximum atomic E-state index is 10.5. The number of Topliss-reactive ketones (excluding diaryl/α,β-unsaturated/α-hetero) is 1. The van der Waals surface area contributed by atoms with E-state index >= 15 is 0 Å². The van der Waals surface area contributed by atoms with Gasteiger partial charge in [0.2, 0.25) is 0 Å². The first kappa shape index (κ1) is 17.7. The van der Waals surface area contributed by atoms with E-state index < -0.39 is 0 Å². The normalized spacial score (nSPS) is 9.92. The Morgan fingerprint density at radius 3 is 1.58 bits per heavy atom. The Morgan fingerprint density at radius 1 is 1.17 bits per heavy atom. The molecule has 1 heteroatoms. The molecule has 0 radical (unpaired) electrons. The minimum atomic E-state index is 0.278. The van der Waals surface area contributed by atoms with Crippen LogP contribution in [0.1, 0.15) is 61.3 Å². The van der Waals surface area contributed by atoms with Gasteiger partial charge in [0.25, 0.3) is 0 Å². The molecule has 1 atom stereocenters. The average Bonchev–Trinajstić information content (AvgIpc) is 2.12. The Labute approximate surface area is 78.6 Å². The zero-order valence-electron chi connectivity index (χ0n) is 9.90. The van der Waals surface area contributed by atoms with Crippen molar-refractivity contribution in [3.8, 4) is 0 Å². The maximum Gasteiger partial charge on any atom is 0.132 e. The molecule has 0 saturated heterocycles. The minimum Gasteiger partial charge on any atom is -0.300 e. The first-order valence-electron chi connectivity index (χ1n) is 5.19. The van der Waals surface area contributed by atoms with Crippen LogP contribution in [0.25, 0.3) is 0 Å². The molecule has 0 bridgehead atoms. The van der Waals surface area contributed by atoms with Gasteiger partial charge < -0.3 is 0 Å². The SMILES string of the molecule is CC.CC.CCCC(C)C(C)=O. The number of carbonyl (C=O) groups is 1. The molecule has 12 heavy (non-hydrogen) atoms. The predicted molar refractivity (Wildman–Crippen MR) is 57.4 cm³/mol. The van der Waals surface area contributed by atoms with Gasteiger partial charge in [0.15, 0.2) is 0 Å². The standard InChI is InChI=1S/C7H14O.2C2H6/c1-4-5-6(2)7(3)8;2*1-2/h6H,4-5H2,1-3H3;2*1-2H3. The van der Waals surface area contributed by atoms with E-state index in [1.54, 1.807) is 6.92 Å². The molecule has 0 rings (SSSR count). The van der Waals surface area contributed by atoms with Crippen LogP contribution < -0.4 is 0 Å². The van der Waals surface area contributed by atoms with Crippen molar-refractivity contribution < 1.29 is 4.79 Å². The number of ketones is 1. The van der Waals surface area contributed by atoms with E-state index in [0.717, 1.165) is 12.8 Å². The van der Waals surface area contributed by atoms with Crippen LogP contribution in [0.4, 0.5) is 0 Å². The lowest BCUT2D eigenvalue weighted by atomic mass is 10.0. The second-order valence-electron chi connectivity index (χ2n) is 2.30. The van der Waals surface area contributed by atoms with E-state index in [9.17, 15) is 4.79 Å². The maximum absolute atomic E-state index is 10.5. The summed E-state index contributed by atoms with van der Waals surface area (Å²) in [6, 6.07) is 0. The highest BCUT2D eigenvalue weighted by molar-refractivity contribution is 5.77. The van der Waals surface area contributed by atoms with Crippen LogP contribution in [0.3, 0.4) is 0 Å². The van der Waals surface area contributed by atoms with E-state index in [2.05, 4.69) is 6.92 Å². The first-order chi connectivity index (χ1) is 5.68. The van der Waals surface area contributed by atoms with Crippen molar-refractivity contribution in [1.82, 2.24) is 0 Å². The first-order valence-corrected chi connectivity index (χ1v) is 5.19. The van der Waals surface area contributed by atoms with E-state index in [1.165, 1.54) is 0 Å². The van der Waals surface area contributed by atoms with Crippen LogP contribution in [0.5, 0.6) is 0 Å². The summed E-state index contributed by atoms with van der Waals surface area (Å²) < 4.78 is 0. The molecule has 0 spiro atoms. The third-order valence-corrected chi connectivity index (χ3v) is 1.42. The van der Waals surface area contributed by atoms with Gasteiger partial charge in [0.05, 0.1) is 0 Å². The van der Waals surface area contributed by atoms with E-state index in [1.807, 2.05) is 34.6 Å². The van der Waals surface area contributed by atoms with Crippen LogP contribution in [0.15, 0.2) is 0 Å². The Morgan fingerprint density at radius 2 is 1.50 bits per heavy atom. The fourth-order valence-corrected chi connectivity index (χ4v) is 0.636. The van der Waals surface area contributed by atoms with Gasteiger partial charge in [-0.25, -0.2) is 0 Å². The molecule has 0 aliphatic rings. The smallest absolute Gasteiger partial charge is 0.132 e. The Balaban J connectivity index is -0.000000175. The van der Waals surface area contributed by atoms with Crippen molar-refractivity contribution in [3.05, 3.63) is 0 Å². The fraction of sp³-hybridized carbons (Fsp3) is 0.909. The lowest BCUT2D eigenvalue weighted by Crippen LogP contribution is -2.04. The van der Waals surface area contributed by atoms with Gasteiger partial charge in [-0.3, -0.25) is 4.79 Å². The molecule has 0 aromatic heterocycles. The van der Waals surface area contributed by atoms with Crippen LogP contribution in [-0.4, -0.2) is 5.78 Å². The molecule has 1 unspecified atom stereocenters. The zero-order valence-corrected chi connectivity index (χ0v) is 9.90. The van der Waals surface area contributed by atoms with Gasteiger partial charge in [0.1, 0.15) is 5.78 Å².